The molecule has 0 saturated carbocycles. The second-order valence-electron chi connectivity index (χ2n) is 3.11. The zero-order chi connectivity index (χ0) is 10.7. The lowest BCUT2D eigenvalue weighted by molar-refractivity contribution is 0.0752. The van der Waals surface area contributed by atoms with Crippen molar-refractivity contribution < 1.29 is 8.95 Å². The summed E-state index contributed by atoms with van der Waals surface area (Å²) in [5.41, 5.74) is 0. The number of hydrogen-bond donors (Lipinski definition) is 0. The lowest BCUT2D eigenvalue weighted by Crippen LogP contribution is -2.37. The Morgan fingerprint density at radius 3 is 2.73 bits per heavy atom. The van der Waals surface area contributed by atoms with E-state index in [0.29, 0.717) is 36.4 Å². The van der Waals surface area contributed by atoms with E-state index in [4.69, 9.17) is 16.3 Å². The summed E-state index contributed by atoms with van der Waals surface area (Å²) in [6, 6.07) is 3.39. The molecule has 1 aliphatic rings. The van der Waals surface area contributed by atoms with Crippen molar-refractivity contribution in [2.75, 3.05) is 26.3 Å². The Morgan fingerprint density at radius 2 is 2.13 bits per heavy atom. The number of nitrogens with zero attached hydrogens (tertiary/aromatic N) is 2. The van der Waals surface area contributed by atoms with Gasteiger partial charge in [-0.3, -0.25) is 0 Å². The molecular formula is C9H11ClN2O2S. The van der Waals surface area contributed by atoms with Crippen LogP contribution >= 0.6 is 11.6 Å². The molecule has 6 heteroatoms. The molecule has 1 aromatic rings. The minimum Gasteiger partial charge on any atom is -0.379 e. The standard InChI is InChI=1S/C9H11ClN2O2S/c10-9-2-1-8(7-11-9)15(13)12-3-5-14-6-4-12/h1-2,7H,3-6H2. The van der Waals surface area contributed by atoms with Gasteiger partial charge in [-0.1, -0.05) is 11.6 Å². The van der Waals surface area contributed by atoms with Crippen LogP contribution in [0.1, 0.15) is 0 Å². The van der Waals surface area contributed by atoms with Crippen LogP contribution in [0.15, 0.2) is 23.2 Å². The summed E-state index contributed by atoms with van der Waals surface area (Å²) < 4.78 is 19.1. The summed E-state index contributed by atoms with van der Waals surface area (Å²) in [5, 5.41) is 0.415. The van der Waals surface area contributed by atoms with Gasteiger partial charge in [0.25, 0.3) is 0 Å². The van der Waals surface area contributed by atoms with E-state index in [1.165, 1.54) is 0 Å². The van der Waals surface area contributed by atoms with Crippen molar-refractivity contribution in [1.82, 2.24) is 9.29 Å². The van der Waals surface area contributed by atoms with Crippen molar-refractivity contribution >= 4 is 22.6 Å². The van der Waals surface area contributed by atoms with E-state index in [1.807, 2.05) is 4.31 Å². The maximum atomic E-state index is 12.0. The van der Waals surface area contributed by atoms with Crippen molar-refractivity contribution in [2.45, 2.75) is 4.90 Å². The van der Waals surface area contributed by atoms with E-state index >= 15 is 0 Å². The summed E-state index contributed by atoms with van der Waals surface area (Å²) >= 11 is 5.66. The highest BCUT2D eigenvalue weighted by atomic mass is 35.5. The van der Waals surface area contributed by atoms with E-state index in [9.17, 15) is 4.21 Å². The van der Waals surface area contributed by atoms with Crippen LogP contribution in [0.2, 0.25) is 5.15 Å². The first-order valence-corrected chi connectivity index (χ1v) is 6.12. The largest absolute Gasteiger partial charge is 0.379 e. The number of ether oxygens (including phenoxy) is 1. The maximum Gasteiger partial charge on any atom is 0.129 e. The molecule has 15 heavy (non-hydrogen) atoms. The summed E-state index contributed by atoms with van der Waals surface area (Å²) in [6.07, 6.45) is 1.55. The number of morpholine rings is 1. The molecule has 0 N–H and O–H groups in total. The van der Waals surface area contributed by atoms with Crippen LogP contribution in [-0.2, 0) is 15.7 Å². The fourth-order valence-corrected chi connectivity index (χ4v) is 2.55. The van der Waals surface area contributed by atoms with Gasteiger partial charge in [-0.2, -0.15) is 0 Å². The molecule has 2 heterocycles. The molecule has 0 bridgehead atoms. The molecule has 2 rings (SSSR count). The third-order valence-electron chi connectivity index (χ3n) is 2.11. The fraction of sp³-hybridized carbons (Fsp3) is 0.444. The second kappa shape index (κ2) is 5.03. The first-order chi connectivity index (χ1) is 7.27. The van der Waals surface area contributed by atoms with E-state index in [0.717, 1.165) is 0 Å². The van der Waals surface area contributed by atoms with Crippen molar-refractivity contribution in [3.8, 4) is 0 Å². The van der Waals surface area contributed by atoms with E-state index in [1.54, 1.807) is 18.3 Å². The molecular weight excluding hydrogens is 236 g/mol. The van der Waals surface area contributed by atoms with Crippen LogP contribution in [0.3, 0.4) is 0 Å². The van der Waals surface area contributed by atoms with Gasteiger partial charge in [-0.05, 0) is 12.1 Å². The number of rotatable bonds is 2. The first kappa shape index (κ1) is 11.0. The molecule has 1 aliphatic heterocycles. The third kappa shape index (κ3) is 2.75. The number of pyridine rings is 1. The average Bonchev–Trinajstić information content (AvgIpc) is 2.30. The van der Waals surface area contributed by atoms with Crippen LogP contribution in [0.5, 0.6) is 0 Å². The predicted octanol–water partition coefficient (Wildman–Crippen LogP) is 1.09. The Kier molecular flexibility index (Phi) is 3.69. The van der Waals surface area contributed by atoms with Gasteiger partial charge in [0.1, 0.15) is 16.1 Å². The minimum atomic E-state index is -1.15. The molecule has 1 saturated heterocycles. The van der Waals surface area contributed by atoms with Gasteiger partial charge in [-0.25, -0.2) is 13.5 Å². The normalized spacial score (nSPS) is 20.1. The fourth-order valence-electron chi connectivity index (χ4n) is 1.33. The molecule has 82 valence electrons. The SMILES string of the molecule is O=S(c1ccc(Cl)nc1)N1CCOCC1. The van der Waals surface area contributed by atoms with Gasteiger partial charge in [-0.15, -0.1) is 0 Å². The number of aromatic nitrogens is 1. The zero-order valence-corrected chi connectivity index (χ0v) is 9.63. The van der Waals surface area contributed by atoms with Gasteiger partial charge in [0, 0.05) is 19.3 Å². The number of halogens is 1. The quantitative estimate of drug-likeness (QED) is 0.734. The Morgan fingerprint density at radius 1 is 1.40 bits per heavy atom. The molecule has 1 atom stereocenters. The van der Waals surface area contributed by atoms with Gasteiger partial charge in [0.05, 0.1) is 18.1 Å². The van der Waals surface area contributed by atoms with E-state index in [2.05, 4.69) is 4.98 Å². The molecule has 0 aliphatic carbocycles. The predicted molar refractivity (Wildman–Crippen MR) is 58.0 cm³/mol. The lowest BCUT2D eigenvalue weighted by atomic mass is 10.5. The summed E-state index contributed by atoms with van der Waals surface area (Å²) in [6.45, 7) is 2.64. The van der Waals surface area contributed by atoms with Gasteiger partial charge >= 0.3 is 0 Å². The van der Waals surface area contributed by atoms with Crippen molar-refractivity contribution in [1.29, 1.82) is 0 Å². The molecule has 0 amide bonds. The van der Waals surface area contributed by atoms with E-state index in [-0.39, 0.29) is 0 Å². The highest BCUT2D eigenvalue weighted by Crippen LogP contribution is 2.13. The van der Waals surface area contributed by atoms with Crippen molar-refractivity contribution in [3.63, 3.8) is 0 Å². The van der Waals surface area contributed by atoms with Gasteiger partial charge in [0.15, 0.2) is 0 Å². The molecule has 0 radical (unpaired) electrons. The lowest BCUT2D eigenvalue weighted by Gasteiger charge is -2.24. The summed E-state index contributed by atoms with van der Waals surface area (Å²) in [7, 11) is -1.15. The molecule has 4 nitrogen and oxygen atoms in total. The molecule has 1 unspecified atom stereocenters. The van der Waals surface area contributed by atoms with Gasteiger partial charge in [0.2, 0.25) is 0 Å². The summed E-state index contributed by atoms with van der Waals surface area (Å²) in [4.78, 5) is 4.59. The Bertz CT molecular complexity index is 352. The minimum absolute atomic E-state index is 0.415. The van der Waals surface area contributed by atoms with Crippen LogP contribution in [0.25, 0.3) is 0 Å². The van der Waals surface area contributed by atoms with Gasteiger partial charge < -0.3 is 4.74 Å². The monoisotopic (exact) mass is 246 g/mol. The Hall–Kier alpha value is -0.490. The molecule has 0 spiro atoms. The van der Waals surface area contributed by atoms with Crippen molar-refractivity contribution in [2.24, 2.45) is 0 Å². The van der Waals surface area contributed by atoms with Crippen LogP contribution in [0.4, 0.5) is 0 Å². The molecule has 0 aromatic carbocycles. The smallest absolute Gasteiger partial charge is 0.129 e. The maximum absolute atomic E-state index is 12.0. The summed E-state index contributed by atoms with van der Waals surface area (Å²) in [5.74, 6) is 0. The topological polar surface area (TPSA) is 42.4 Å². The Labute approximate surface area is 95.8 Å². The number of hydrogen-bond acceptors (Lipinski definition) is 3. The van der Waals surface area contributed by atoms with Crippen LogP contribution in [0, 0.1) is 0 Å². The highest BCUT2D eigenvalue weighted by Gasteiger charge is 2.18. The third-order valence-corrected chi connectivity index (χ3v) is 3.81. The molecule has 1 fully saturated rings. The zero-order valence-electron chi connectivity index (χ0n) is 8.06. The van der Waals surface area contributed by atoms with Crippen LogP contribution < -0.4 is 0 Å². The second-order valence-corrected chi connectivity index (χ2v) is 4.98. The Balaban J connectivity index is 2.09. The van der Waals surface area contributed by atoms with Crippen molar-refractivity contribution in [3.05, 3.63) is 23.5 Å². The van der Waals surface area contributed by atoms with E-state index < -0.39 is 11.0 Å². The first-order valence-electron chi connectivity index (χ1n) is 4.63. The molecule has 1 aromatic heterocycles. The average molecular weight is 247 g/mol. The van der Waals surface area contributed by atoms with Crippen LogP contribution in [-0.4, -0.2) is 39.8 Å². The highest BCUT2D eigenvalue weighted by molar-refractivity contribution is 7.82.